The van der Waals surface area contributed by atoms with Gasteiger partial charge in [-0.05, 0) is 13.8 Å². The molecule has 0 saturated heterocycles. The normalized spacial score (nSPS) is 12.6. The minimum atomic E-state index is -5.92. The Bertz CT molecular complexity index is 461. The first-order chi connectivity index (χ1) is 8.48. The monoisotopic (exact) mass is 286 g/mol. The van der Waals surface area contributed by atoms with E-state index in [2.05, 4.69) is 5.16 Å². The maximum absolute atomic E-state index is 12.8. The van der Waals surface area contributed by atoms with E-state index in [-0.39, 0.29) is 5.76 Å². The van der Waals surface area contributed by atoms with E-state index in [1.165, 1.54) is 13.8 Å². The fraction of sp³-hybridized carbons (Fsp3) is 0.600. The Balaban J connectivity index is 2.91. The van der Waals surface area contributed by atoms with E-state index in [1.54, 1.807) is 0 Å². The molecule has 1 aromatic rings. The summed E-state index contributed by atoms with van der Waals surface area (Å²) in [7, 11) is 0.855. The van der Waals surface area contributed by atoms with Crippen molar-refractivity contribution in [2.45, 2.75) is 32.5 Å². The van der Waals surface area contributed by atoms with Crippen molar-refractivity contribution in [2.24, 2.45) is 0 Å². The summed E-state index contributed by atoms with van der Waals surface area (Å²) in [6.45, 7) is 2.52. The third kappa shape index (κ3) is 2.85. The zero-order chi connectivity index (χ0) is 15.0. The number of rotatable bonds is 3. The second-order valence-corrected chi connectivity index (χ2v) is 4.04. The number of alkyl halides is 5. The van der Waals surface area contributed by atoms with E-state index in [0.717, 1.165) is 7.05 Å². The van der Waals surface area contributed by atoms with E-state index >= 15 is 0 Å². The van der Waals surface area contributed by atoms with Crippen LogP contribution >= 0.6 is 0 Å². The number of carbonyl (C=O) groups excluding carboxylic acids is 1. The van der Waals surface area contributed by atoms with Crippen molar-refractivity contribution in [3.05, 3.63) is 17.0 Å². The van der Waals surface area contributed by atoms with Crippen molar-refractivity contribution in [3.8, 4) is 0 Å². The molecular formula is C10H11F5N2O2. The van der Waals surface area contributed by atoms with Crippen molar-refractivity contribution < 1.29 is 31.3 Å². The van der Waals surface area contributed by atoms with Crippen LogP contribution in [0.25, 0.3) is 0 Å². The molecule has 1 heterocycles. The molecule has 0 aliphatic carbocycles. The second kappa shape index (κ2) is 4.78. The average molecular weight is 286 g/mol. The summed E-state index contributed by atoms with van der Waals surface area (Å²) in [5, 5.41) is 3.52. The Hall–Kier alpha value is -1.67. The van der Waals surface area contributed by atoms with E-state index in [0.29, 0.717) is 16.2 Å². The first-order valence-electron chi connectivity index (χ1n) is 5.10. The van der Waals surface area contributed by atoms with Crippen LogP contribution in [0, 0.1) is 13.8 Å². The lowest BCUT2D eigenvalue weighted by atomic mass is 10.2. The summed E-state index contributed by atoms with van der Waals surface area (Å²) >= 11 is 0. The molecule has 0 bridgehead atoms. The number of aromatic nitrogens is 1. The zero-order valence-corrected chi connectivity index (χ0v) is 10.3. The van der Waals surface area contributed by atoms with Gasteiger partial charge in [0, 0.05) is 12.6 Å². The van der Waals surface area contributed by atoms with Gasteiger partial charge in [0.05, 0.1) is 12.2 Å². The summed E-state index contributed by atoms with van der Waals surface area (Å²) in [6, 6.07) is 0. The molecule has 9 heteroatoms. The number of aryl methyl sites for hydroxylation is 2. The lowest BCUT2D eigenvalue weighted by Crippen LogP contribution is -2.50. The molecule has 0 aromatic carbocycles. The predicted molar refractivity (Wildman–Crippen MR) is 53.5 cm³/mol. The molecule has 0 N–H and O–H groups in total. The van der Waals surface area contributed by atoms with Crippen LogP contribution in [-0.4, -0.2) is 35.1 Å². The van der Waals surface area contributed by atoms with Crippen LogP contribution in [0.5, 0.6) is 0 Å². The van der Waals surface area contributed by atoms with Crippen LogP contribution in [0.4, 0.5) is 22.0 Å². The molecule has 0 fully saturated rings. The van der Waals surface area contributed by atoms with Gasteiger partial charge in [-0.1, -0.05) is 5.16 Å². The smallest absolute Gasteiger partial charge is 0.361 e. The lowest BCUT2D eigenvalue weighted by molar-refractivity contribution is -0.274. The van der Waals surface area contributed by atoms with Crippen molar-refractivity contribution in [1.82, 2.24) is 10.1 Å². The van der Waals surface area contributed by atoms with Crippen LogP contribution in [-0.2, 0) is 11.3 Å². The Morgan fingerprint density at radius 2 is 1.79 bits per heavy atom. The molecule has 0 unspecified atom stereocenters. The van der Waals surface area contributed by atoms with Crippen molar-refractivity contribution in [2.75, 3.05) is 7.05 Å². The van der Waals surface area contributed by atoms with E-state index < -0.39 is 24.6 Å². The Morgan fingerprint density at radius 3 is 2.16 bits per heavy atom. The standard InChI is InChI=1S/C10H11F5N2O2/c1-5-7(6(2)19-16-5)4-17(3)8(18)9(11,12)10(13,14)15/h4H2,1-3H3. The Labute approximate surface area is 105 Å². The molecule has 0 spiro atoms. The van der Waals surface area contributed by atoms with Crippen molar-refractivity contribution in [3.63, 3.8) is 0 Å². The van der Waals surface area contributed by atoms with Gasteiger partial charge in [0.1, 0.15) is 5.76 Å². The number of amides is 1. The average Bonchev–Trinajstić information content (AvgIpc) is 2.58. The molecule has 1 aromatic heterocycles. The highest BCUT2D eigenvalue weighted by molar-refractivity contribution is 5.84. The molecule has 0 radical (unpaired) electrons. The zero-order valence-electron chi connectivity index (χ0n) is 10.3. The lowest BCUT2D eigenvalue weighted by Gasteiger charge is -2.24. The highest BCUT2D eigenvalue weighted by Crippen LogP contribution is 2.37. The van der Waals surface area contributed by atoms with Crippen LogP contribution in [0.1, 0.15) is 17.0 Å². The summed E-state index contributed by atoms with van der Waals surface area (Å²) < 4.78 is 66.6. The predicted octanol–water partition coefficient (Wildman–Crippen LogP) is 2.45. The minimum Gasteiger partial charge on any atom is -0.361 e. The Morgan fingerprint density at radius 1 is 1.26 bits per heavy atom. The molecule has 19 heavy (non-hydrogen) atoms. The van der Waals surface area contributed by atoms with Gasteiger partial charge in [-0.2, -0.15) is 22.0 Å². The second-order valence-electron chi connectivity index (χ2n) is 4.04. The third-order valence-corrected chi connectivity index (χ3v) is 2.55. The van der Waals surface area contributed by atoms with E-state index in [4.69, 9.17) is 4.52 Å². The molecule has 108 valence electrons. The molecule has 4 nitrogen and oxygen atoms in total. The number of halogens is 5. The van der Waals surface area contributed by atoms with Gasteiger partial charge < -0.3 is 9.42 Å². The fourth-order valence-electron chi connectivity index (χ4n) is 1.40. The first-order valence-corrected chi connectivity index (χ1v) is 5.10. The molecule has 0 saturated carbocycles. The van der Waals surface area contributed by atoms with Crippen LogP contribution < -0.4 is 0 Å². The molecular weight excluding hydrogens is 275 g/mol. The Kier molecular flexibility index (Phi) is 3.87. The molecule has 1 rings (SSSR count). The number of nitrogens with zero attached hydrogens (tertiary/aromatic N) is 2. The van der Waals surface area contributed by atoms with Crippen LogP contribution in [0.3, 0.4) is 0 Å². The fourth-order valence-corrected chi connectivity index (χ4v) is 1.40. The highest BCUT2D eigenvalue weighted by Gasteiger charge is 2.64. The summed E-state index contributed by atoms with van der Waals surface area (Å²) in [4.78, 5) is 11.5. The van der Waals surface area contributed by atoms with E-state index in [9.17, 15) is 26.7 Å². The first kappa shape index (κ1) is 15.4. The molecule has 0 aliphatic heterocycles. The topological polar surface area (TPSA) is 46.3 Å². The summed E-state index contributed by atoms with van der Waals surface area (Å²) in [5.41, 5.74) is 0.626. The molecule has 0 atom stereocenters. The summed E-state index contributed by atoms with van der Waals surface area (Å²) in [6.07, 6.45) is -5.92. The summed E-state index contributed by atoms with van der Waals surface area (Å²) in [5.74, 6) is -7.48. The molecule has 1 amide bonds. The SMILES string of the molecule is Cc1noc(C)c1CN(C)C(=O)C(F)(F)C(F)(F)F. The molecule has 0 aliphatic rings. The minimum absolute atomic E-state index is 0.257. The third-order valence-electron chi connectivity index (χ3n) is 2.55. The largest absolute Gasteiger partial charge is 0.463 e. The van der Waals surface area contributed by atoms with Crippen LogP contribution in [0.2, 0.25) is 0 Å². The quantitative estimate of drug-likeness (QED) is 0.802. The van der Waals surface area contributed by atoms with Crippen molar-refractivity contribution >= 4 is 5.91 Å². The van der Waals surface area contributed by atoms with Gasteiger partial charge in [0.2, 0.25) is 0 Å². The maximum atomic E-state index is 12.8. The van der Waals surface area contributed by atoms with E-state index in [1.807, 2.05) is 0 Å². The number of hydrogen-bond acceptors (Lipinski definition) is 3. The van der Waals surface area contributed by atoms with Crippen LogP contribution in [0.15, 0.2) is 4.52 Å². The van der Waals surface area contributed by atoms with Gasteiger partial charge >= 0.3 is 18.0 Å². The van der Waals surface area contributed by atoms with Gasteiger partial charge in [0.25, 0.3) is 0 Å². The van der Waals surface area contributed by atoms with Crippen molar-refractivity contribution in [1.29, 1.82) is 0 Å². The van der Waals surface area contributed by atoms with Gasteiger partial charge in [0.15, 0.2) is 0 Å². The number of carbonyl (C=O) groups is 1. The maximum Gasteiger partial charge on any atom is 0.463 e. The number of hydrogen-bond donors (Lipinski definition) is 0. The highest BCUT2D eigenvalue weighted by atomic mass is 19.4. The van der Waals surface area contributed by atoms with Gasteiger partial charge in [-0.3, -0.25) is 4.79 Å². The van der Waals surface area contributed by atoms with Gasteiger partial charge in [-0.25, -0.2) is 0 Å². The van der Waals surface area contributed by atoms with Gasteiger partial charge in [-0.15, -0.1) is 0 Å².